The number of ether oxygens (including phenoxy) is 1. The van der Waals surface area contributed by atoms with E-state index in [-0.39, 0.29) is 12.5 Å². The number of anilines is 1. The molecule has 5 heteroatoms. The maximum atomic E-state index is 12.3. The van der Waals surface area contributed by atoms with E-state index in [9.17, 15) is 4.79 Å². The van der Waals surface area contributed by atoms with Crippen LogP contribution in [0.2, 0.25) is 0 Å². The second kappa shape index (κ2) is 7.74. The summed E-state index contributed by atoms with van der Waals surface area (Å²) in [6.45, 7) is 0.767. The smallest absolute Gasteiger partial charge is 0.244 e. The van der Waals surface area contributed by atoms with Crippen molar-refractivity contribution in [3.8, 4) is 5.75 Å². The summed E-state index contributed by atoms with van der Waals surface area (Å²) in [6.07, 6.45) is 5.21. The summed E-state index contributed by atoms with van der Waals surface area (Å²) in [7, 11) is 0. The Bertz CT molecular complexity index is 1040. The molecule has 2 heterocycles. The highest BCUT2D eigenvalue weighted by Gasteiger charge is 2.08. The van der Waals surface area contributed by atoms with Crippen molar-refractivity contribution in [1.82, 2.24) is 9.55 Å². The lowest BCUT2D eigenvalue weighted by Crippen LogP contribution is -2.18. The number of pyridine rings is 1. The van der Waals surface area contributed by atoms with Crippen molar-refractivity contribution in [3.63, 3.8) is 0 Å². The molecule has 0 radical (unpaired) electrons. The fourth-order valence-electron chi connectivity index (χ4n) is 2.94. The summed E-state index contributed by atoms with van der Waals surface area (Å²) in [5.74, 6) is 0.716. The van der Waals surface area contributed by atoms with Crippen LogP contribution in [0.25, 0.3) is 10.9 Å². The Kier molecular flexibility index (Phi) is 4.83. The molecule has 0 aliphatic rings. The van der Waals surface area contributed by atoms with Crippen LogP contribution in [-0.4, -0.2) is 15.5 Å². The number of hydrogen-bond donors (Lipinski definition) is 1. The van der Waals surface area contributed by atoms with Gasteiger partial charge in [-0.1, -0.05) is 30.3 Å². The fourth-order valence-corrected chi connectivity index (χ4v) is 2.94. The van der Waals surface area contributed by atoms with E-state index in [0.29, 0.717) is 12.3 Å². The maximum Gasteiger partial charge on any atom is 0.244 e. The van der Waals surface area contributed by atoms with Crippen LogP contribution in [0.15, 0.2) is 85.3 Å². The van der Waals surface area contributed by atoms with Gasteiger partial charge in [-0.15, -0.1) is 0 Å². The predicted octanol–water partition coefficient (Wildman–Crippen LogP) is 4.25. The SMILES string of the molecule is O=C(Cn1ccc2cc(OCc3ccccc3)ccc21)Nc1cccnc1. The van der Waals surface area contributed by atoms with Crippen molar-refractivity contribution in [2.45, 2.75) is 13.2 Å². The van der Waals surface area contributed by atoms with Gasteiger partial charge < -0.3 is 14.6 Å². The third kappa shape index (κ3) is 4.15. The number of amides is 1. The third-order valence-electron chi connectivity index (χ3n) is 4.25. The molecule has 0 saturated heterocycles. The molecule has 134 valence electrons. The van der Waals surface area contributed by atoms with Gasteiger partial charge in [0.05, 0.1) is 11.9 Å². The van der Waals surface area contributed by atoms with Gasteiger partial charge in [0.1, 0.15) is 18.9 Å². The van der Waals surface area contributed by atoms with Gasteiger partial charge in [-0.05, 0) is 42.0 Å². The van der Waals surface area contributed by atoms with Gasteiger partial charge in [-0.25, -0.2) is 0 Å². The van der Waals surface area contributed by atoms with E-state index in [0.717, 1.165) is 22.2 Å². The molecule has 0 spiro atoms. The average molecular weight is 357 g/mol. The maximum absolute atomic E-state index is 12.3. The minimum absolute atomic E-state index is 0.0927. The molecular weight excluding hydrogens is 338 g/mol. The molecule has 0 saturated carbocycles. The van der Waals surface area contributed by atoms with Crippen LogP contribution in [-0.2, 0) is 17.9 Å². The first-order chi connectivity index (χ1) is 13.3. The molecular formula is C22H19N3O2. The van der Waals surface area contributed by atoms with Crippen molar-refractivity contribution in [2.24, 2.45) is 0 Å². The minimum Gasteiger partial charge on any atom is -0.489 e. The van der Waals surface area contributed by atoms with Crippen molar-refractivity contribution in [2.75, 3.05) is 5.32 Å². The average Bonchev–Trinajstić information content (AvgIpc) is 3.10. The van der Waals surface area contributed by atoms with Gasteiger partial charge in [0.2, 0.25) is 5.91 Å². The number of nitrogens with one attached hydrogen (secondary N) is 1. The molecule has 1 amide bonds. The Hall–Kier alpha value is -3.60. The van der Waals surface area contributed by atoms with E-state index in [1.165, 1.54) is 0 Å². The van der Waals surface area contributed by atoms with E-state index >= 15 is 0 Å². The summed E-state index contributed by atoms with van der Waals surface area (Å²) in [5.41, 5.74) is 2.81. The number of hydrogen-bond acceptors (Lipinski definition) is 3. The largest absolute Gasteiger partial charge is 0.489 e. The fraction of sp³-hybridized carbons (Fsp3) is 0.0909. The Morgan fingerprint density at radius 2 is 1.93 bits per heavy atom. The third-order valence-corrected chi connectivity index (χ3v) is 4.25. The normalized spacial score (nSPS) is 10.7. The topological polar surface area (TPSA) is 56.1 Å². The van der Waals surface area contributed by atoms with Crippen LogP contribution in [0.4, 0.5) is 5.69 Å². The number of fused-ring (bicyclic) bond motifs is 1. The second-order valence-electron chi connectivity index (χ2n) is 6.23. The Labute approximate surface area is 157 Å². The van der Waals surface area contributed by atoms with Crippen LogP contribution in [0, 0.1) is 0 Å². The zero-order chi connectivity index (χ0) is 18.5. The summed E-state index contributed by atoms with van der Waals surface area (Å²) >= 11 is 0. The number of rotatable bonds is 6. The summed E-state index contributed by atoms with van der Waals surface area (Å²) in [6, 6.07) is 21.6. The molecule has 0 bridgehead atoms. The molecule has 1 N–H and O–H groups in total. The molecule has 0 aliphatic carbocycles. The first-order valence-corrected chi connectivity index (χ1v) is 8.73. The summed E-state index contributed by atoms with van der Waals surface area (Å²) < 4.78 is 7.79. The highest BCUT2D eigenvalue weighted by Crippen LogP contribution is 2.23. The first-order valence-electron chi connectivity index (χ1n) is 8.73. The highest BCUT2D eigenvalue weighted by molar-refractivity contribution is 5.92. The predicted molar refractivity (Wildman–Crippen MR) is 106 cm³/mol. The van der Waals surface area contributed by atoms with Crippen molar-refractivity contribution >= 4 is 22.5 Å². The van der Waals surface area contributed by atoms with Crippen molar-refractivity contribution in [1.29, 1.82) is 0 Å². The van der Waals surface area contributed by atoms with Crippen LogP contribution < -0.4 is 10.1 Å². The van der Waals surface area contributed by atoms with Gasteiger partial charge in [0, 0.05) is 23.3 Å². The van der Waals surface area contributed by atoms with E-state index in [1.807, 2.05) is 71.4 Å². The van der Waals surface area contributed by atoms with E-state index in [2.05, 4.69) is 10.3 Å². The molecule has 27 heavy (non-hydrogen) atoms. The molecule has 5 nitrogen and oxygen atoms in total. The Morgan fingerprint density at radius 1 is 1.04 bits per heavy atom. The molecule has 0 atom stereocenters. The van der Waals surface area contributed by atoms with E-state index in [4.69, 9.17) is 4.74 Å². The minimum atomic E-state index is -0.0927. The molecule has 2 aromatic carbocycles. The Balaban J connectivity index is 1.43. The second-order valence-corrected chi connectivity index (χ2v) is 6.23. The van der Waals surface area contributed by atoms with Crippen molar-refractivity contribution < 1.29 is 9.53 Å². The standard InChI is InChI=1S/C22H19N3O2/c26-22(24-19-7-4-11-23-14-19)15-25-12-10-18-13-20(8-9-21(18)25)27-16-17-5-2-1-3-6-17/h1-14H,15-16H2,(H,24,26). The zero-order valence-electron chi connectivity index (χ0n) is 14.7. The zero-order valence-corrected chi connectivity index (χ0v) is 14.7. The monoisotopic (exact) mass is 357 g/mol. The van der Waals surface area contributed by atoms with E-state index < -0.39 is 0 Å². The number of benzene rings is 2. The number of carbonyl (C=O) groups excluding carboxylic acids is 1. The molecule has 2 aromatic heterocycles. The summed E-state index contributed by atoms with van der Waals surface area (Å²) in [4.78, 5) is 16.3. The Morgan fingerprint density at radius 3 is 2.74 bits per heavy atom. The molecule has 0 fully saturated rings. The van der Waals surface area contributed by atoms with E-state index in [1.54, 1.807) is 18.5 Å². The number of carbonyl (C=O) groups is 1. The first kappa shape index (κ1) is 16.8. The molecule has 4 aromatic rings. The van der Waals surface area contributed by atoms with Gasteiger partial charge in [-0.2, -0.15) is 0 Å². The molecule has 0 unspecified atom stereocenters. The van der Waals surface area contributed by atoms with Gasteiger partial charge in [0.15, 0.2) is 0 Å². The van der Waals surface area contributed by atoms with Crippen LogP contribution in [0.3, 0.4) is 0 Å². The number of aromatic nitrogens is 2. The van der Waals surface area contributed by atoms with Crippen LogP contribution >= 0.6 is 0 Å². The van der Waals surface area contributed by atoms with Crippen LogP contribution in [0.1, 0.15) is 5.56 Å². The summed E-state index contributed by atoms with van der Waals surface area (Å²) in [5, 5.41) is 3.88. The van der Waals surface area contributed by atoms with Gasteiger partial charge in [0.25, 0.3) is 0 Å². The van der Waals surface area contributed by atoms with Crippen LogP contribution in [0.5, 0.6) is 5.75 Å². The molecule has 4 rings (SSSR count). The van der Waals surface area contributed by atoms with Gasteiger partial charge in [-0.3, -0.25) is 9.78 Å². The van der Waals surface area contributed by atoms with Gasteiger partial charge >= 0.3 is 0 Å². The molecule has 0 aliphatic heterocycles. The van der Waals surface area contributed by atoms with Crippen molar-refractivity contribution in [3.05, 3.63) is 90.9 Å². The number of nitrogens with zero attached hydrogens (tertiary/aromatic N) is 2. The quantitative estimate of drug-likeness (QED) is 0.561. The lowest BCUT2D eigenvalue weighted by molar-refractivity contribution is -0.116. The lowest BCUT2D eigenvalue weighted by Gasteiger charge is -2.09. The lowest BCUT2D eigenvalue weighted by atomic mass is 10.2. The highest BCUT2D eigenvalue weighted by atomic mass is 16.5.